The molecule has 13 nitrogen and oxygen atoms in total. The van der Waals surface area contributed by atoms with Crippen LogP contribution in [0.2, 0.25) is 5.02 Å². The van der Waals surface area contributed by atoms with E-state index in [0.717, 1.165) is 11.1 Å². The number of guanidine groups is 1. The number of nitrogens with one attached hydrogen (secondary N) is 2. The Balaban J connectivity index is 0.00000281. The third-order valence-electron chi connectivity index (χ3n) is 7.73. The third-order valence-corrected chi connectivity index (χ3v) is 8.08. The largest absolute Gasteiger partial charge is 0.444 e. The van der Waals surface area contributed by atoms with Crippen LogP contribution in [0.25, 0.3) is 0 Å². The Morgan fingerprint density at radius 3 is 1.65 bits per heavy atom. The minimum atomic E-state index is -0.839. The number of hydrogen-bond donors (Lipinski definition) is 2. The van der Waals surface area contributed by atoms with Crippen LogP contribution in [0.1, 0.15) is 68.6 Å². The van der Waals surface area contributed by atoms with Gasteiger partial charge in [0.1, 0.15) is 17.0 Å². The number of ether oxygens (including phenoxy) is 3. The summed E-state index contributed by atoms with van der Waals surface area (Å²) in [5, 5.41) is 5.11. The molecule has 0 saturated heterocycles. The second-order valence-electron chi connectivity index (χ2n) is 14.7. The summed E-state index contributed by atoms with van der Waals surface area (Å²) in [7, 11) is 1.81. The number of likely N-dealkylation sites (N-methyl/N-ethyl adjacent to an activating group) is 1. The van der Waals surface area contributed by atoms with E-state index in [1.165, 1.54) is 30.3 Å². The fourth-order valence-electron chi connectivity index (χ4n) is 5.20. The molecule has 0 bridgehead atoms. The van der Waals surface area contributed by atoms with Crippen molar-refractivity contribution in [3.63, 3.8) is 0 Å². The molecule has 0 saturated carbocycles. The zero-order valence-electron chi connectivity index (χ0n) is 33.0. The lowest BCUT2D eigenvalue weighted by atomic mass is 9.97. The average Bonchev–Trinajstić information content (AvgIpc) is 3.12. The van der Waals surface area contributed by atoms with E-state index in [-0.39, 0.29) is 46.8 Å². The van der Waals surface area contributed by atoms with Gasteiger partial charge in [0.05, 0.1) is 17.7 Å². The second kappa shape index (κ2) is 21.1. The quantitative estimate of drug-likeness (QED) is 0.0702. The number of carbonyl (C=O) groups excluding carboxylic acids is 6. The van der Waals surface area contributed by atoms with E-state index in [2.05, 4.69) is 39.9 Å². The molecule has 4 rings (SSSR count). The van der Waals surface area contributed by atoms with Crippen LogP contribution >= 0.6 is 11.6 Å². The van der Waals surface area contributed by atoms with Crippen LogP contribution in [0.4, 0.5) is 15.3 Å². The van der Waals surface area contributed by atoms with E-state index in [4.69, 9.17) is 35.4 Å². The number of aliphatic imine (C=N–C) groups is 1. The first-order chi connectivity index (χ1) is 26.8. The third kappa shape index (κ3) is 16.5. The zero-order valence-corrected chi connectivity index (χ0v) is 33.7. The molecule has 0 atom stereocenters. The van der Waals surface area contributed by atoms with Crippen molar-refractivity contribution in [3.8, 4) is 5.75 Å². The van der Waals surface area contributed by atoms with Gasteiger partial charge in [-0.05, 0) is 107 Å². The summed E-state index contributed by atoms with van der Waals surface area (Å²) in [4.78, 5) is 73.8. The predicted octanol–water partition coefficient (Wildman–Crippen LogP) is 7.87. The van der Waals surface area contributed by atoms with E-state index < -0.39 is 29.4 Å². The molecule has 0 spiro atoms. The van der Waals surface area contributed by atoms with Gasteiger partial charge in [0.15, 0.2) is 0 Å². The number of nitrogens with zero attached hydrogens (tertiary/aromatic N) is 2. The minimum absolute atomic E-state index is 0.0686. The van der Waals surface area contributed by atoms with Crippen LogP contribution in [-0.2, 0) is 43.1 Å². The molecule has 0 fully saturated rings. The average molecular weight is 799 g/mol. The number of amides is 3. The molecule has 0 radical (unpaired) electrons. The summed E-state index contributed by atoms with van der Waals surface area (Å²) in [5.41, 5.74) is 1.79. The molecule has 0 aliphatic heterocycles. The highest BCUT2D eigenvalue weighted by Gasteiger charge is 2.24. The van der Waals surface area contributed by atoms with Crippen LogP contribution in [0.3, 0.4) is 0 Å². The van der Waals surface area contributed by atoms with Crippen molar-refractivity contribution in [1.82, 2.24) is 15.5 Å². The topological polar surface area (TPSA) is 170 Å². The highest BCUT2D eigenvalue weighted by molar-refractivity contribution is 6.31. The Labute approximate surface area is 337 Å². The summed E-state index contributed by atoms with van der Waals surface area (Å²) in [5.74, 6) is -0.787. The Morgan fingerprint density at radius 1 is 0.737 bits per heavy atom. The lowest BCUT2D eigenvalue weighted by Crippen LogP contribution is -2.47. The van der Waals surface area contributed by atoms with Crippen LogP contribution in [0, 0.1) is 0 Å². The van der Waals surface area contributed by atoms with Gasteiger partial charge in [0.2, 0.25) is 11.9 Å². The lowest BCUT2D eigenvalue weighted by Gasteiger charge is -2.29. The van der Waals surface area contributed by atoms with Gasteiger partial charge in [-0.3, -0.25) is 15.4 Å². The van der Waals surface area contributed by atoms with E-state index >= 15 is 0 Å². The summed E-state index contributed by atoms with van der Waals surface area (Å²) < 4.78 is 16.1. The van der Waals surface area contributed by atoms with Crippen molar-refractivity contribution in [3.05, 3.63) is 130 Å². The fourth-order valence-corrected chi connectivity index (χ4v) is 5.44. The lowest BCUT2D eigenvalue weighted by molar-refractivity contribution is -0.191. The van der Waals surface area contributed by atoms with E-state index in [1.807, 2.05) is 43.4 Å². The van der Waals surface area contributed by atoms with Crippen molar-refractivity contribution in [2.45, 2.75) is 78.0 Å². The summed E-state index contributed by atoms with van der Waals surface area (Å²) in [6.45, 7) is 10.2. The number of benzene rings is 4. The normalized spacial score (nSPS) is 10.8. The monoisotopic (exact) mass is 798 g/mol. The van der Waals surface area contributed by atoms with Gasteiger partial charge >= 0.3 is 24.3 Å². The van der Waals surface area contributed by atoms with Crippen LogP contribution in [0.15, 0.2) is 108 Å². The molecule has 300 valence electrons. The Kier molecular flexibility index (Phi) is 16.7. The number of carbonyl (C=O) groups is 4. The molecule has 57 heavy (non-hydrogen) atoms. The van der Waals surface area contributed by atoms with Gasteiger partial charge < -0.3 is 19.1 Å². The fraction of sp³-hybridized carbons (Fsp3) is 0.302. The highest BCUT2D eigenvalue weighted by Crippen LogP contribution is 2.25. The van der Waals surface area contributed by atoms with Crippen molar-refractivity contribution in [2.75, 3.05) is 7.05 Å². The molecule has 0 aromatic heterocycles. The Hall–Kier alpha value is -6.30. The van der Waals surface area contributed by atoms with E-state index in [0.29, 0.717) is 24.1 Å². The van der Waals surface area contributed by atoms with Crippen LogP contribution in [-0.4, -0.2) is 65.4 Å². The molecular weight excluding hydrogens is 752 g/mol. The predicted molar refractivity (Wildman–Crippen MR) is 214 cm³/mol. The molecule has 0 unspecified atom stereocenters. The minimum Gasteiger partial charge on any atom is -0.444 e. The number of esters is 1. The first kappa shape index (κ1) is 45.1. The maximum Gasteiger partial charge on any atom is 0.414 e. The Morgan fingerprint density at radius 2 is 1.21 bits per heavy atom. The van der Waals surface area contributed by atoms with Gasteiger partial charge in [-0.25, -0.2) is 19.4 Å². The van der Waals surface area contributed by atoms with E-state index in [1.54, 1.807) is 58.6 Å². The first-order valence-corrected chi connectivity index (χ1v) is 18.3. The van der Waals surface area contributed by atoms with Gasteiger partial charge in [0.25, 0.3) is 0 Å². The zero-order chi connectivity index (χ0) is 42.2. The summed E-state index contributed by atoms with van der Waals surface area (Å²) in [6, 6.07) is 30.8. The molecule has 0 aliphatic rings. The summed E-state index contributed by atoms with van der Waals surface area (Å²) >= 11 is 6.60. The maximum atomic E-state index is 13.6. The number of hydrogen-bond acceptors (Lipinski definition) is 10. The standard InChI is InChI=1S/C42H47ClN4O7.CO2/c1-41(2,3)53-39(50)45-38(46-40(51)54-42(4,5)6)44-32-21-18-30(19-22-32)37(49)52-34-23-20-31(35(43)27-34)26-36(48)47(7)33(24-28-14-10-8-11-15-28)25-29-16-12-9-13-17-29;2-1-3/h8-23,27,33H,24-26H2,1-7H3,(H2,44,45,46,50,51);. The molecule has 0 heterocycles. The van der Waals surface area contributed by atoms with Crippen LogP contribution in [0.5, 0.6) is 5.75 Å². The molecule has 4 aromatic rings. The van der Waals surface area contributed by atoms with Gasteiger partial charge in [-0.2, -0.15) is 9.59 Å². The van der Waals surface area contributed by atoms with Gasteiger partial charge in [-0.1, -0.05) is 78.3 Å². The van der Waals surface area contributed by atoms with Gasteiger partial charge in [0, 0.05) is 18.1 Å². The first-order valence-electron chi connectivity index (χ1n) is 17.9. The van der Waals surface area contributed by atoms with E-state index in [9.17, 15) is 19.2 Å². The number of halogens is 1. The number of alkyl carbamates (subject to hydrolysis) is 2. The molecule has 14 heteroatoms. The van der Waals surface area contributed by atoms with Crippen LogP contribution < -0.4 is 15.4 Å². The smallest absolute Gasteiger partial charge is 0.414 e. The molecule has 0 aliphatic carbocycles. The van der Waals surface area contributed by atoms with Crippen molar-refractivity contribution in [2.24, 2.45) is 4.99 Å². The summed E-state index contributed by atoms with van der Waals surface area (Å²) in [6.07, 6.45) is 0.0316. The van der Waals surface area contributed by atoms with Crippen molar-refractivity contribution in [1.29, 1.82) is 0 Å². The van der Waals surface area contributed by atoms with Gasteiger partial charge in [-0.15, -0.1) is 0 Å². The molecule has 3 amide bonds. The molecule has 4 aromatic carbocycles. The maximum absolute atomic E-state index is 13.6. The van der Waals surface area contributed by atoms with Crippen molar-refractivity contribution >= 4 is 53.5 Å². The SMILES string of the molecule is CN(C(=O)Cc1ccc(OC(=O)c2ccc(N=C(NC(=O)OC(C)(C)C)NC(=O)OC(C)(C)C)cc2)cc1Cl)C(Cc1ccccc1)Cc1ccccc1.O=C=O. The number of rotatable bonds is 10. The molecule has 2 N–H and O–H groups in total. The Bertz CT molecular complexity index is 1960. The molecular formula is C43H47ClN4O9. The van der Waals surface area contributed by atoms with Crippen molar-refractivity contribution < 1.29 is 43.0 Å². The highest BCUT2D eigenvalue weighted by atomic mass is 35.5. The second-order valence-corrected chi connectivity index (χ2v) is 15.1.